The average molecular weight is 313 g/mol. The van der Waals surface area contributed by atoms with Crippen molar-refractivity contribution in [2.24, 2.45) is 0 Å². The van der Waals surface area contributed by atoms with Crippen LogP contribution in [0.25, 0.3) is 0 Å². The first-order valence-corrected chi connectivity index (χ1v) is 3.53. The summed E-state index contributed by atoms with van der Waals surface area (Å²) in [5.41, 5.74) is 0. The van der Waals surface area contributed by atoms with Crippen molar-refractivity contribution in [2.45, 2.75) is 0 Å². The molecule has 0 aromatic heterocycles. The van der Waals surface area contributed by atoms with Crippen LogP contribution >= 0.6 is 17.0 Å². The highest BCUT2D eigenvalue weighted by Crippen LogP contribution is 1.71. The lowest BCUT2D eigenvalue weighted by Gasteiger charge is -1.74. The maximum Gasteiger partial charge on any atom is 0.328 e. The molecular weight excluding hydrogens is 304 g/mol. The summed E-state index contributed by atoms with van der Waals surface area (Å²) in [6.45, 7) is 0. The van der Waals surface area contributed by atoms with E-state index in [-0.39, 0.29) is 17.0 Å². The van der Waals surface area contributed by atoms with Crippen molar-refractivity contribution < 1.29 is 39.6 Å². The Kier molecular flexibility index (Phi) is 14.2. The van der Waals surface area contributed by atoms with E-state index in [1.54, 1.807) is 0 Å². The van der Waals surface area contributed by atoms with Crippen molar-refractivity contribution in [3.63, 3.8) is 0 Å². The second-order valence-electron chi connectivity index (χ2n) is 2.02. The lowest BCUT2D eigenvalue weighted by molar-refractivity contribution is -0.134. The zero-order valence-corrected chi connectivity index (χ0v) is 9.85. The van der Waals surface area contributed by atoms with Crippen molar-refractivity contribution >= 4 is 40.9 Å². The van der Waals surface area contributed by atoms with Crippen molar-refractivity contribution in [3.8, 4) is 0 Å². The molecule has 96 valence electrons. The van der Waals surface area contributed by atoms with Crippen molar-refractivity contribution in [1.29, 1.82) is 0 Å². The van der Waals surface area contributed by atoms with Gasteiger partial charge in [0.25, 0.3) is 0 Å². The molecule has 0 aliphatic heterocycles. The predicted molar refractivity (Wildman–Crippen MR) is 59.1 cm³/mol. The molecule has 4 N–H and O–H groups in total. The molecule has 0 fully saturated rings. The smallest absolute Gasteiger partial charge is 0.328 e. The van der Waals surface area contributed by atoms with E-state index in [1.165, 1.54) is 0 Å². The Balaban J connectivity index is -0.000000218. The maximum absolute atomic E-state index is 9.55. The van der Waals surface area contributed by atoms with Crippen molar-refractivity contribution in [3.05, 3.63) is 24.3 Å². The Hall–Kier alpha value is -2.16. The van der Waals surface area contributed by atoms with Crippen molar-refractivity contribution in [1.82, 2.24) is 0 Å². The van der Waals surface area contributed by atoms with Crippen LogP contribution in [0.5, 0.6) is 0 Å². The highest BCUT2D eigenvalue weighted by molar-refractivity contribution is 8.93. The summed E-state index contributed by atoms with van der Waals surface area (Å²) in [7, 11) is 0. The Morgan fingerprint density at radius 3 is 0.706 bits per heavy atom. The third kappa shape index (κ3) is 31.6. The van der Waals surface area contributed by atoms with Crippen molar-refractivity contribution in [2.75, 3.05) is 0 Å². The van der Waals surface area contributed by atoms with Gasteiger partial charge in [-0.1, -0.05) is 0 Å². The van der Waals surface area contributed by atoms with Gasteiger partial charge in [0, 0.05) is 24.3 Å². The molecule has 0 spiro atoms. The summed E-state index contributed by atoms with van der Waals surface area (Å²) < 4.78 is 0. The van der Waals surface area contributed by atoms with Gasteiger partial charge in [0.2, 0.25) is 0 Å². The standard InChI is InChI=1S/2C4H4O4.BrH/c2*5-3(6)1-2-4(7)8;/h2*1-2H,(H,5,6)(H,7,8);1H/b2-1+;2-1-;. The number of hydrogen-bond acceptors (Lipinski definition) is 4. The first kappa shape index (κ1) is 20.3. The van der Waals surface area contributed by atoms with Gasteiger partial charge in [0.1, 0.15) is 0 Å². The van der Waals surface area contributed by atoms with Gasteiger partial charge < -0.3 is 20.4 Å². The summed E-state index contributed by atoms with van der Waals surface area (Å²) in [4.78, 5) is 38.2. The average Bonchev–Trinajstić information content (AvgIpc) is 2.12. The molecule has 0 heterocycles. The molecule has 17 heavy (non-hydrogen) atoms. The van der Waals surface area contributed by atoms with E-state index in [0.29, 0.717) is 24.3 Å². The summed E-state index contributed by atoms with van der Waals surface area (Å²) in [5, 5.41) is 31.2. The molecule has 0 radical (unpaired) electrons. The molecule has 0 rings (SSSR count). The lowest BCUT2D eigenvalue weighted by Crippen LogP contribution is -1.91. The van der Waals surface area contributed by atoms with Crippen LogP contribution in [0.15, 0.2) is 24.3 Å². The first-order chi connectivity index (χ1) is 7.25. The van der Waals surface area contributed by atoms with Gasteiger partial charge in [-0.25, -0.2) is 19.2 Å². The van der Waals surface area contributed by atoms with E-state index in [1.807, 2.05) is 0 Å². The third-order valence-corrected chi connectivity index (χ3v) is 0.737. The molecule has 0 amide bonds. The topological polar surface area (TPSA) is 149 Å². The lowest BCUT2D eigenvalue weighted by atomic mass is 10.5. The minimum atomic E-state index is -1.26. The van der Waals surface area contributed by atoms with E-state index in [9.17, 15) is 19.2 Å². The van der Waals surface area contributed by atoms with Gasteiger partial charge in [-0.3, -0.25) is 0 Å². The quantitative estimate of drug-likeness (QED) is 0.530. The van der Waals surface area contributed by atoms with E-state index in [0.717, 1.165) is 0 Å². The number of carbonyl (C=O) groups is 4. The van der Waals surface area contributed by atoms with Gasteiger partial charge in [0.15, 0.2) is 0 Å². The second kappa shape index (κ2) is 11.9. The second-order valence-corrected chi connectivity index (χ2v) is 2.02. The Morgan fingerprint density at radius 1 is 0.529 bits per heavy atom. The number of rotatable bonds is 4. The maximum atomic E-state index is 9.55. The highest BCUT2D eigenvalue weighted by Gasteiger charge is 1.88. The zero-order valence-electron chi connectivity index (χ0n) is 8.14. The molecule has 0 aliphatic rings. The molecule has 0 saturated heterocycles. The van der Waals surface area contributed by atoms with E-state index in [4.69, 9.17) is 20.4 Å². The summed E-state index contributed by atoms with van der Waals surface area (Å²) in [5.74, 6) is -5.03. The Morgan fingerprint density at radius 2 is 0.647 bits per heavy atom. The van der Waals surface area contributed by atoms with Gasteiger partial charge >= 0.3 is 23.9 Å². The number of carboxylic acids is 4. The number of halogens is 1. The van der Waals surface area contributed by atoms with Crippen LogP contribution in [0.3, 0.4) is 0 Å². The molecule has 9 heteroatoms. The fourth-order valence-corrected chi connectivity index (χ4v) is 0.285. The molecule has 0 aromatic carbocycles. The van der Waals surface area contributed by atoms with Crippen LogP contribution in [0.4, 0.5) is 0 Å². The van der Waals surface area contributed by atoms with Crippen LogP contribution in [-0.4, -0.2) is 44.3 Å². The number of carboxylic acid groups (broad SMARTS) is 4. The van der Waals surface area contributed by atoms with Crippen LogP contribution < -0.4 is 0 Å². The highest BCUT2D eigenvalue weighted by atomic mass is 79.9. The van der Waals surface area contributed by atoms with Gasteiger partial charge in [0.05, 0.1) is 0 Å². The van der Waals surface area contributed by atoms with E-state index in [2.05, 4.69) is 0 Å². The van der Waals surface area contributed by atoms with Gasteiger partial charge in [-0.05, 0) is 0 Å². The molecule has 0 saturated carbocycles. The third-order valence-electron chi connectivity index (χ3n) is 0.737. The molecular formula is C8H9BrO8. The zero-order chi connectivity index (χ0) is 13.1. The summed E-state index contributed by atoms with van der Waals surface area (Å²) >= 11 is 0. The van der Waals surface area contributed by atoms with Crippen LogP contribution in [0.1, 0.15) is 0 Å². The van der Waals surface area contributed by atoms with Crippen LogP contribution in [0.2, 0.25) is 0 Å². The van der Waals surface area contributed by atoms with Gasteiger partial charge in [-0.2, -0.15) is 0 Å². The number of hydrogen-bond donors (Lipinski definition) is 4. The fourth-order valence-electron chi connectivity index (χ4n) is 0.285. The monoisotopic (exact) mass is 312 g/mol. The molecule has 0 aliphatic carbocycles. The van der Waals surface area contributed by atoms with E-state index >= 15 is 0 Å². The predicted octanol–water partition coefficient (Wildman–Crippen LogP) is 0.00150. The number of aliphatic carboxylic acids is 4. The van der Waals surface area contributed by atoms with E-state index < -0.39 is 23.9 Å². The molecule has 0 aromatic rings. The fraction of sp³-hybridized carbons (Fsp3) is 0. The molecule has 0 unspecified atom stereocenters. The Bertz CT molecular complexity index is 277. The SMILES string of the molecule is Br.O=C(O)/C=C/C(=O)O.O=C(O)/C=C\C(=O)O. The molecule has 0 bridgehead atoms. The normalized spacial score (nSPS) is 8.94. The largest absolute Gasteiger partial charge is 0.478 e. The first-order valence-electron chi connectivity index (χ1n) is 3.53. The van der Waals surface area contributed by atoms with Gasteiger partial charge in [-0.15, -0.1) is 17.0 Å². The molecule has 0 atom stereocenters. The summed E-state index contributed by atoms with van der Waals surface area (Å²) in [6, 6.07) is 0. The Labute approximate surface area is 105 Å². The minimum absolute atomic E-state index is 0. The summed E-state index contributed by atoms with van der Waals surface area (Å²) in [6.07, 6.45) is 2.23. The van der Waals surface area contributed by atoms with Crippen LogP contribution in [0, 0.1) is 0 Å². The molecule has 8 nitrogen and oxygen atoms in total. The minimum Gasteiger partial charge on any atom is -0.478 e. The van der Waals surface area contributed by atoms with Crippen LogP contribution in [-0.2, 0) is 19.2 Å².